The summed E-state index contributed by atoms with van der Waals surface area (Å²) >= 11 is 11.8. The lowest BCUT2D eigenvalue weighted by Gasteiger charge is -1.99. The van der Waals surface area contributed by atoms with Crippen LogP contribution >= 0.6 is 23.2 Å². The van der Waals surface area contributed by atoms with Gasteiger partial charge in [-0.1, -0.05) is 29.7 Å². The largest absolute Gasteiger partial charge is 0.334 e. The van der Waals surface area contributed by atoms with E-state index in [1.807, 2.05) is 6.92 Å². The molecule has 1 heterocycles. The fourth-order valence-electron chi connectivity index (χ4n) is 1.35. The predicted molar refractivity (Wildman–Crippen MR) is 63.6 cm³/mol. The minimum Gasteiger partial charge on any atom is -0.334 e. The zero-order valence-corrected chi connectivity index (χ0v) is 10.5. The van der Waals surface area contributed by atoms with Crippen LogP contribution in [0.2, 0.25) is 5.02 Å². The normalized spacial score (nSPS) is 12.7. The van der Waals surface area contributed by atoms with Crippen molar-refractivity contribution in [1.82, 2.24) is 10.1 Å². The van der Waals surface area contributed by atoms with Crippen LogP contribution in [0.15, 0.2) is 22.7 Å². The van der Waals surface area contributed by atoms with Crippen LogP contribution in [0.3, 0.4) is 0 Å². The van der Waals surface area contributed by atoms with E-state index < -0.39 is 5.82 Å². The quantitative estimate of drug-likeness (QED) is 0.787. The molecule has 0 amide bonds. The van der Waals surface area contributed by atoms with Crippen molar-refractivity contribution in [2.24, 2.45) is 0 Å². The Morgan fingerprint density at radius 1 is 1.47 bits per heavy atom. The van der Waals surface area contributed by atoms with Crippen molar-refractivity contribution in [3.05, 3.63) is 34.9 Å². The molecule has 0 spiro atoms. The summed E-state index contributed by atoms with van der Waals surface area (Å²) in [7, 11) is 0. The molecule has 17 heavy (non-hydrogen) atoms. The van der Waals surface area contributed by atoms with Gasteiger partial charge in [0, 0.05) is 0 Å². The maximum atomic E-state index is 13.6. The highest BCUT2D eigenvalue weighted by Gasteiger charge is 2.19. The second-order valence-electron chi connectivity index (χ2n) is 3.43. The van der Waals surface area contributed by atoms with Crippen molar-refractivity contribution in [2.45, 2.75) is 18.7 Å². The van der Waals surface area contributed by atoms with Gasteiger partial charge in [-0.25, -0.2) is 4.39 Å². The Morgan fingerprint density at radius 2 is 2.24 bits per heavy atom. The predicted octanol–water partition coefficient (Wildman–Crippen LogP) is 4.22. The van der Waals surface area contributed by atoms with Crippen molar-refractivity contribution in [3.63, 3.8) is 0 Å². The van der Waals surface area contributed by atoms with Crippen LogP contribution < -0.4 is 0 Å². The fourth-order valence-corrected chi connectivity index (χ4v) is 1.68. The third-order valence-corrected chi connectivity index (χ3v) is 3.08. The number of hydrogen-bond acceptors (Lipinski definition) is 3. The lowest BCUT2D eigenvalue weighted by atomic mass is 10.2. The van der Waals surface area contributed by atoms with E-state index >= 15 is 0 Å². The average molecular weight is 275 g/mol. The van der Waals surface area contributed by atoms with Gasteiger partial charge in [0.05, 0.1) is 16.0 Å². The number of nitrogens with zero attached hydrogens (tertiary/aromatic N) is 2. The van der Waals surface area contributed by atoms with Gasteiger partial charge >= 0.3 is 0 Å². The van der Waals surface area contributed by atoms with Crippen LogP contribution in [-0.4, -0.2) is 10.1 Å². The molecular weight excluding hydrogens is 266 g/mol. The SMILES string of the molecule is CCC(Cl)c1noc(-c2c(F)cccc2Cl)n1. The van der Waals surface area contributed by atoms with Gasteiger partial charge in [0.1, 0.15) is 5.82 Å². The summed E-state index contributed by atoms with van der Waals surface area (Å²) in [5.41, 5.74) is 0.105. The Hall–Kier alpha value is -1.13. The number of benzene rings is 1. The topological polar surface area (TPSA) is 38.9 Å². The van der Waals surface area contributed by atoms with E-state index in [4.69, 9.17) is 27.7 Å². The molecule has 0 radical (unpaired) electrons. The highest BCUT2D eigenvalue weighted by Crippen LogP contribution is 2.31. The highest BCUT2D eigenvalue weighted by atomic mass is 35.5. The molecule has 0 aliphatic rings. The number of rotatable bonds is 3. The van der Waals surface area contributed by atoms with E-state index in [2.05, 4.69) is 10.1 Å². The van der Waals surface area contributed by atoms with Crippen LogP contribution in [0.1, 0.15) is 24.5 Å². The minimum absolute atomic E-state index is 0.0437. The Kier molecular flexibility index (Phi) is 3.64. The summed E-state index contributed by atoms with van der Waals surface area (Å²) in [4.78, 5) is 4.04. The van der Waals surface area contributed by atoms with Gasteiger partial charge in [-0.15, -0.1) is 11.6 Å². The van der Waals surface area contributed by atoms with E-state index in [0.29, 0.717) is 12.2 Å². The lowest BCUT2D eigenvalue weighted by Crippen LogP contribution is -1.91. The lowest BCUT2D eigenvalue weighted by molar-refractivity contribution is 0.419. The first kappa shape index (κ1) is 12.3. The zero-order valence-electron chi connectivity index (χ0n) is 8.95. The van der Waals surface area contributed by atoms with Crippen molar-refractivity contribution in [1.29, 1.82) is 0 Å². The molecular formula is C11H9Cl2FN2O. The molecule has 2 aromatic rings. The summed E-state index contributed by atoms with van der Waals surface area (Å²) < 4.78 is 18.5. The van der Waals surface area contributed by atoms with Crippen LogP contribution in [-0.2, 0) is 0 Å². The van der Waals surface area contributed by atoms with Crippen LogP contribution in [0.5, 0.6) is 0 Å². The standard InChI is InChI=1S/C11H9Cl2FN2O/c1-2-6(12)10-15-11(17-16-10)9-7(13)4-3-5-8(9)14/h3-6H,2H2,1H3. The molecule has 0 N–H and O–H groups in total. The maximum Gasteiger partial charge on any atom is 0.262 e. The summed E-state index contributed by atoms with van der Waals surface area (Å²) in [5, 5.41) is 3.58. The number of alkyl halides is 1. The molecule has 0 saturated carbocycles. The number of halogens is 3. The van der Waals surface area contributed by atoms with E-state index in [0.717, 1.165) is 0 Å². The molecule has 1 unspecified atom stereocenters. The van der Waals surface area contributed by atoms with Gasteiger partial charge in [-0.3, -0.25) is 0 Å². The van der Waals surface area contributed by atoms with Crippen LogP contribution in [0, 0.1) is 5.82 Å². The monoisotopic (exact) mass is 274 g/mol. The van der Waals surface area contributed by atoms with Gasteiger partial charge < -0.3 is 4.52 Å². The summed E-state index contributed by atoms with van der Waals surface area (Å²) in [6, 6.07) is 4.35. The number of hydrogen-bond donors (Lipinski definition) is 0. The van der Waals surface area contributed by atoms with Crippen LogP contribution in [0.25, 0.3) is 11.5 Å². The average Bonchev–Trinajstić information content (AvgIpc) is 2.77. The molecule has 3 nitrogen and oxygen atoms in total. The van der Waals surface area contributed by atoms with E-state index in [1.54, 1.807) is 6.07 Å². The molecule has 6 heteroatoms. The van der Waals surface area contributed by atoms with Crippen molar-refractivity contribution >= 4 is 23.2 Å². The first-order valence-corrected chi connectivity index (χ1v) is 5.87. The second kappa shape index (κ2) is 5.02. The molecule has 90 valence electrons. The molecule has 0 fully saturated rings. The summed E-state index contributed by atoms with van der Waals surface area (Å²) in [6.07, 6.45) is 0.658. The Morgan fingerprint density at radius 3 is 2.88 bits per heavy atom. The minimum atomic E-state index is -0.504. The summed E-state index contributed by atoms with van der Waals surface area (Å²) in [6.45, 7) is 1.89. The smallest absolute Gasteiger partial charge is 0.262 e. The molecule has 0 bridgehead atoms. The Labute approximate surface area is 108 Å². The molecule has 1 aromatic carbocycles. The second-order valence-corrected chi connectivity index (χ2v) is 4.36. The Bertz CT molecular complexity index is 510. The molecule has 2 rings (SSSR count). The molecule has 1 aromatic heterocycles. The first-order chi connectivity index (χ1) is 8.13. The first-order valence-electron chi connectivity index (χ1n) is 5.05. The van der Waals surface area contributed by atoms with E-state index in [1.165, 1.54) is 12.1 Å². The molecule has 0 saturated heterocycles. The third kappa shape index (κ3) is 2.42. The van der Waals surface area contributed by atoms with Crippen molar-refractivity contribution in [3.8, 4) is 11.5 Å². The van der Waals surface area contributed by atoms with E-state index in [-0.39, 0.29) is 21.9 Å². The van der Waals surface area contributed by atoms with Gasteiger partial charge in [0.25, 0.3) is 5.89 Å². The van der Waals surface area contributed by atoms with Gasteiger partial charge in [-0.2, -0.15) is 4.98 Å². The Balaban J connectivity index is 2.44. The van der Waals surface area contributed by atoms with Gasteiger partial charge in [0.2, 0.25) is 0 Å². The van der Waals surface area contributed by atoms with Gasteiger partial charge in [0.15, 0.2) is 5.82 Å². The summed E-state index contributed by atoms with van der Waals surface area (Å²) in [5.74, 6) is -0.124. The molecule has 0 aliphatic heterocycles. The molecule has 0 aliphatic carbocycles. The molecule has 1 atom stereocenters. The zero-order chi connectivity index (χ0) is 12.4. The van der Waals surface area contributed by atoms with E-state index in [9.17, 15) is 4.39 Å². The maximum absolute atomic E-state index is 13.6. The van der Waals surface area contributed by atoms with Crippen molar-refractivity contribution < 1.29 is 8.91 Å². The fraction of sp³-hybridized carbons (Fsp3) is 0.273. The van der Waals surface area contributed by atoms with Gasteiger partial charge in [-0.05, 0) is 18.6 Å². The highest BCUT2D eigenvalue weighted by molar-refractivity contribution is 6.33. The van der Waals surface area contributed by atoms with Crippen molar-refractivity contribution in [2.75, 3.05) is 0 Å². The van der Waals surface area contributed by atoms with Crippen LogP contribution in [0.4, 0.5) is 4.39 Å². The third-order valence-electron chi connectivity index (χ3n) is 2.26. The number of aromatic nitrogens is 2.